The zero-order chi connectivity index (χ0) is 14.7. The van der Waals surface area contributed by atoms with Gasteiger partial charge >= 0.3 is 0 Å². The van der Waals surface area contributed by atoms with Crippen LogP contribution in [0.2, 0.25) is 0 Å². The van der Waals surface area contributed by atoms with E-state index in [1.54, 1.807) is 0 Å². The van der Waals surface area contributed by atoms with Gasteiger partial charge in [-0.3, -0.25) is 0 Å². The van der Waals surface area contributed by atoms with Crippen LogP contribution in [-0.2, 0) is 6.42 Å². The number of nitrogens with two attached hydrogens (primary N) is 1. The van der Waals surface area contributed by atoms with Crippen LogP contribution < -0.4 is 10.6 Å². The fourth-order valence-corrected chi connectivity index (χ4v) is 2.90. The van der Waals surface area contributed by atoms with Crippen LogP contribution in [0.5, 0.6) is 0 Å². The molecule has 4 heteroatoms. The van der Waals surface area contributed by atoms with Gasteiger partial charge in [-0.1, -0.05) is 31.2 Å². The minimum atomic E-state index is 0.378. The third kappa shape index (κ3) is 2.90. The van der Waals surface area contributed by atoms with E-state index >= 15 is 0 Å². The molecule has 1 aliphatic heterocycles. The number of nitrogens with zero attached hydrogens (tertiary/aromatic N) is 3. The van der Waals surface area contributed by atoms with Crippen molar-refractivity contribution in [2.45, 2.75) is 32.2 Å². The van der Waals surface area contributed by atoms with Gasteiger partial charge in [-0.05, 0) is 30.9 Å². The van der Waals surface area contributed by atoms with Gasteiger partial charge in [0.05, 0.1) is 5.69 Å². The number of aryl methyl sites for hydroxylation is 1. The van der Waals surface area contributed by atoms with Crippen molar-refractivity contribution in [2.75, 3.05) is 18.0 Å². The van der Waals surface area contributed by atoms with Crippen LogP contribution in [0.1, 0.15) is 25.3 Å². The SMILES string of the molecule is CCc1ccc(-c2ccnc(N3CCCC3CN)n2)cc1. The highest BCUT2D eigenvalue weighted by atomic mass is 15.3. The van der Waals surface area contributed by atoms with Gasteiger partial charge in [0, 0.05) is 30.9 Å². The molecule has 1 fully saturated rings. The maximum atomic E-state index is 5.85. The highest BCUT2D eigenvalue weighted by Gasteiger charge is 2.25. The predicted octanol–water partition coefficient (Wildman–Crippen LogP) is 2.63. The highest BCUT2D eigenvalue weighted by molar-refractivity contribution is 5.60. The fraction of sp³-hybridized carbons (Fsp3) is 0.412. The van der Waals surface area contributed by atoms with Gasteiger partial charge in [-0.2, -0.15) is 0 Å². The Morgan fingerprint density at radius 2 is 2.05 bits per heavy atom. The quantitative estimate of drug-likeness (QED) is 0.936. The van der Waals surface area contributed by atoms with E-state index in [0.717, 1.165) is 36.6 Å². The second kappa shape index (κ2) is 6.22. The topological polar surface area (TPSA) is 55.0 Å². The summed E-state index contributed by atoms with van der Waals surface area (Å²) >= 11 is 0. The minimum Gasteiger partial charge on any atom is -0.337 e. The number of anilines is 1. The number of aromatic nitrogens is 2. The molecule has 4 nitrogen and oxygen atoms in total. The van der Waals surface area contributed by atoms with E-state index in [9.17, 15) is 0 Å². The summed E-state index contributed by atoms with van der Waals surface area (Å²) in [6.07, 6.45) is 5.20. The first-order chi connectivity index (χ1) is 10.3. The maximum absolute atomic E-state index is 5.85. The third-order valence-electron chi connectivity index (χ3n) is 4.21. The molecule has 3 rings (SSSR count). The van der Waals surface area contributed by atoms with E-state index < -0.39 is 0 Å². The maximum Gasteiger partial charge on any atom is 0.226 e. The van der Waals surface area contributed by atoms with Crippen molar-refractivity contribution in [1.29, 1.82) is 0 Å². The summed E-state index contributed by atoms with van der Waals surface area (Å²) in [5.41, 5.74) is 9.30. The van der Waals surface area contributed by atoms with Gasteiger partial charge < -0.3 is 10.6 Å². The lowest BCUT2D eigenvalue weighted by molar-refractivity contribution is 0.664. The molecule has 0 saturated carbocycles. The summed E-state index contributed by atoms with van der Waals surface area (Å²) in [6, 6.07) is 10.9. The van der Waals surface area contributed by atoms with E-state index in [2.05, 4.69) is 41.1 Å². The van der Waals surface area contributed by atoms with Gasteiger partial charge in [0.1, 0.15) is 0 Å². The third-order valence-corrected chi connectivity index (χ3v) is 4.21. The second-order valence-electron chi connectivity index (χ2n) is 5.52. The molecule has 0 radical (unpaired) electrons. The van der Waals surface area contributed by atoms with Crippen LogP contribution in [0.25, 0.3) is 11.3 Å². The molecule has 1 atom stereocenters. The summed E-state index contributed by atoms with van der Waals surface area (Å²) in [5, 5.41) is 0. The van der Waals surface area contributed by atoms with Crippen LogP contribution in [0.15, 0.2) is 36.5 Å². The van der Waals surface area contributed by atoms with E-state index in [1.165, 1.54) is 12.0 Å². The summed E-state index contributed by atoms with van der Waals surface area (Å²) in [5.74, 6) is 0.806. The van der Waals surface area contributed by atoms with Crippen molar-refractivity contribution < 1.29 is 0 Å². The molecule has 1 saturated heterocycles. The monoisotopic (exact) mass is 282 g/mol. The minimum absolute atomic E-state index is 0.378. The Bertz CT molecular complexity index is 594. The van der Waals surface area contributed by atoms with Gasteiger partial charge in [0.2, 0.25) is 5.95 Å². The molecule has 2 N–H and O–H groups in total. The van der Waals surface area contributed by atoms with Crippen LogP contribution in [0, 0.1) is 0 Å². The largest absolute Gasteiger partial charge is 0.337 e. The molecule has 2 heterocycles. The van der Waals surface area contributed by atoms with Gasteiger partial charge in [-0.15, -0.1) is 0 Å². The van der Waals surface area contributed by atoms with Crippen molar-refractivity contribution in [1.82, 2.24) is 9.97 Å². The lowest BCUT2D eigenvalue weighted by Crippen LogP contribution is -2.36. The van der Waals surface area contributed by atoms with Crippen LogP contribution >= 0.6 is 0 Å². The zero-order valence-corrected chi connectivity index (χ0v) is 12.5. The summed E-state index contributed by atoms with van der Waals surface area (Å²) in [7, 11) is 0. The zero-order valence-electron chi connectivity index (χ0n) is 12.5. The highest BCUT2D eigenvalue weighted by Crippen LogP contribution is 2.24. The average Bonchev–Trinajstić information content (AvgIpc) is 3.04. The standard InChI is InChI=1S/C17H22N4/c1-2-13-5-7-14(8-6-13)16-9-10-19-17(20-16)21-11-3-4-15(21)12-18/h5-10,15H,2-4,11-12,18H2,1H3. The first-order valence-electron chi connectivity index (χ1n) is 7.71. The molecule has 0 amide bonds. The van der Waals surface area contributed by atoms with Crippen LogP contribution in [0.3, 0.4) is 0 Å². The predicted molar refractivity (Wildman–Crippen MR) is 86.3 cm³/mol. The number of benzene rings is 1. The van der Waals surface area contributed by atoms with Crippen molar-refractivity contribution in [3.05, 3.63) is 42.1 Å². The lowest BCUT2D eigenvalue weighted by Gasteiger charge is -2.23. The molecular weight excluding hydrogens is 260 g/mol. The molecular formula is C17H22N4. The van der Waals surface area contributed by atoms with Crippen molar-refractivity contribution in [3.8, 4) is 11.3 Å². The number of hydrogen-bond acceptors (Lipinski definition) is 4. The molecule has 0 aliphatic carbocycles. The lowest BCUT2D eigenvalue weighted by atomic mass is 10.1. The number of hydrogen-bond donors (Lipinski definition) is 1. The Morgan fingerprint density at radius 3 is 2.76 bits per heavy atom. The summed E-state index contributed by atoms with van der Waals surface area (Å²) in [4.78, 5) is 11.4. The first-order valence-corrected chi connectivity index (χ1v) is 7.71. The normalized spacial score (nSPS) is 18.2. The smallest absolute Gasteiger partial charge is 0.226 e. The second-order valence-corrected chi connectivity index (χ2v) is 5.52. The van der Waals surface area contributed by atoms with Crippen molar-refractivity contribution in [3.63, 3.8) is 0 Å². The van der Waals surface area contributed by atoms with E-state index in [0.29, 0.717) is 12.6 Å². The Labute approximate surface area is 126 Å². The van der Waals surface area contributed by atoms with Crippen molar-refractivity contribution >= 4 is 5.95 Å². The molecule has 1 unspecified atom stereocenters. The molecule has 1 aromatic heterocycles. The Morgan fingerprint density at radius 1 is 1.24 bits per heavy atom. The number of rotatable bonds is 4. The molecule has 1 aliphatic rings. The molecule has 2 aromatic rings. The van der Waals surface area contributed by atoms with Crippen molar-refractivity contribution in [2.24, 2.45) is 5.73 Å². The fourth-order valence-electron chi connectivity index (χ4n) is 2.90. The van der Waals surface area contributed by atoms with E-state index in [4.69, 9.17) is 10.7 Å². The summed E-state index contributed by atoms with van der Waals surface area (Å²) < 4.78 is 0. The molecule has 0 bridgehead atoms. The Kier molecular flexibility index (Phi) is 4.15. The van der Waals surface area contributed by atoms with E-state index in [-0.39, 0.29) is 0 Å². The van der Waals surface area contributed by atoms with Gasteiger partial charge in [0.15, 0.2) is 0 Å². The van der Waals surface area contributed by atoms with E-state index in [1.807, 2.05) is 12.3 Å². The Hall–Kier alpha value is -1.94. The van der Waals surface area contributed by atoms with Crippen LogP contribution in [0.4, 0.5) is 5.95 Å². The van der Waals surface area contributed by atoms with Crippen LogP contribution in [-0.4, -0.2) is 29.1 Å². The first kappa shape index (κ1) is 14.0. The molecule has 110 valence electrons. The average molecular weight is 282 g/mol. The Balaban J connectivity index is 1.88. The molecule has 21 heavy (non-hydrogen) atoms. The summed E-state index contributed by atoms with van der Waals surface area (Å²) in [6.45, 7) is 3.83. The molecule has 1 aromatic carbocycles. The molecule has 0 spiro atoms. The van der Waals surface area contributed by atoms with Gasteiger partial charge in [-0.25, -0.2) is 9.97 Å². The van der Waals surface area contributed by atoms with Gasteiger partial charge in [0.25, 0.3) is 0 Å².